The van der Waals surface area contributed by atoms with E-state index < -0.39 is 17.3 Å². The summed E-state index contributed by atoms with van der Waals surface area (Å²) in [6.07, 6.45) is 1.000. The van der Waals surface area contributed by atoms with Gasteiger partial charge in [0.25, 0.3) is 5.91 Å². The van der Waals surface area contributed by atoms with Crippen molar-refractivity contribution in [2.75, 3.05) is 5.32 Å². The predicted octanol–water partition coefficient (Wildman–Crippen LogP) is 3.10. The van der Waals surface area contributed by atoms with Gasteiger partial charge in [0.15, 0.2) is 5.60 Å². The van der Waals surface area contributed by atoms with Crippen LogP contribution in [-0.2, 0) is 10.4 Å². The molecule has 1 amide bonds. The summed E-state index contributed by atoms with van der Waals surface area (Å²) in [7, 11) is 0. The SMILES string of the molecule is O=C(Nc1ccc(F)cn1)C(O)(c1ccccc1)c1ccccc1. The van der Waals surface area contributed by atoms with Gasteiger partial charge in [-0.1, -0.05) is 60.7 Å². The number of anilines is 1. The molecule has 5 heteroatoms. The molecule has 4 nitrogen and oxygen atoms in total. The molecule has 0 fully saturated rings. The Hall–Kier alpha value is -3.05. The molecular formula is C19H15FN2O2. The van der Waals surface area contributed by atoms with Crippen LogP contribution >= 0.6 is 0 Å². The Morgan fingerprint density at radius 3 is 1.92 bits per heavy atom. The Morgan fingerprint density at radius 1 is 0.917 bits per heavy atom. The smallest absolute Gasteiger partial charge is 0.266 e. The van der Waals surface area contributed by atoms with E-state index in [0.717, 1.165) is 6.20 Å². The Balaban J connectivity index is 2.02. The van der Waals surface area contributed by atoms with Crippen LogP contribution in [0.2, 0.25) is 0 Å². The lowest BCUT2D eigenvalue weighted by Crippen LogP contribution is -2.41. The number of rotatable bonds is 4. The number of hydrogen-bond acceptors (Lipinski definition) is 3. The van der Waals surface area contributed by atoms with Crippen molar-refractivity contribution < 1.29 is 14.3 Å². The van der Waals surface area contributed by atoms with Gasteiger partial charge in [-0.25, -0.2) is 9.37 Å². The maximum Gasteiger partial charge on any atom is 0.266 e. The number of halogens is 1. The zero-order chi connectivity index (χ0) is 17.0. The van der Waals surface area contributed by atoms with E-state index in [4.69, 9.17) is 0 Å². The molecule has 3 aromatic rings. The van der Waals surface area contributed by atoms with Crippen molar-refractivity contribution in [2.24, 2.45) is 0 Å². The van der Waals surface area contributed by atoms with Crippen molar-refractivity contribution in [3.63, 3.8) is 0 Å². The molecule has 0 aliphatic heterocycles. The maximum absolute atomic E-state index is 13.0. The molecule has 0 atom stereocenters. The van der Waals surface area contributed by atoms with Gasteiger partial charge in [-0.05, 0) is 23.3 Å². The Morgan fingerprint density at radius 2 is 1.46 bits per heavy atom. The molecule has 0 unspecified atom stereocenters. The zero-order valence-corrected chi connectivity index (χ0v) is 12.7. The first-order valence-corrected chi connectivity index (χ1v) is 7.37. The molecule has 0 radical (unpaired) electrons. The monoisotopic (exact) mass is 322 g/mol. The highest BCUT2D eigenvalue weighted by Crippen LogP contribution is 2.30. The fourth-order valence-electron chi connectivity index (χ4n) is 2.44. The minimum absolute atomic E-state index is 0.159. The average molecular weight is 322 g/mol. The van der Waals surface area contributed by atoms with E-state index in [0.29, 0.717) is 11.1 Å². The first-order chi connectivity index (χ1) is 11.6. The molecular weight excluding hydrogens is 307 g/mol. The van der Waals surface area contributed by atoms with Crippen molar-refractivity contribution >= 4 is 11.7 Å². The lowest BCUT2D eigenvalue weighted by atomic mass is 9.85. The fraction of sp³-hybridized carbons (Fsp3) is 0.0526. The molecule has 0 aliphatic rings. The van der Waals surface area contributed by atoms with E-state index in [9.17, 15) is 14.3 Å². The molecule has 0 spiro atoms. The van der Waals surface area contributed by atoms with Crippen molar-refractivity contribution in [2.45, 2.75) is 5.60 Å². The Kier molecular flexibility index (Phi) is 4.35. The molecule has 0 saturated heterocycles. The van der Waals surface area contributed by atoms with Gasteiger partial charge in [-0.2, -0.15) is 0 Å². The molecule has 0 aliphatic carbocycles. The molecule has 120 valence electrons. The van der Waals surface area contributed by atoms with Crippen LogP contribution in [0.4, 0.5) is 10.2 Å². The lowest BCUT2D eigenvalue weighted by molar-refractivity contribution is -0.131. The second-order valence-electron chi connectivity index (χ2n) is 5.26. The minimum Gasteiger partial charge on any atom is -0.372 e. The number of aliphatic hydroxyl groups is 1. The number of nitrogens with one attached hydrogen (secondary N) is 1. The molecule has 1 heterocycles. The number of pyridine rings is 1. The fourth-order valence-corrected chi connectivity index (χ4v) is 2.44. The summed E-state index contributed by atoms with van der Waals surface area (Å²) in [5.74, 6) is -1.01. The number of nitrogens with zero attached hydrogens (tertiary/aromatic N) is 1. The van der Waals surface area contributed by atoms with Crippen LogP contribution in [-0.4, -0.2) is 16.0 Å². The third-order valence-electron chi connectivity index (χ3n) is 3.68. The van der Waals surface area contributed by atoms with Crippen molar-refractivity contribution in [1.29, 1.82) is 0 Å². The molecule has 2 aromatic carbocycles. The predicted molar refractivity (Wildman–Crippen MR) is 88.7 cm³/mol. The largest absolute Gasteiger partial charge is 0.372 e. The number of carbonyl (C=O) groups is 1. The van der Waals surface area contributed by atoms with Crippen LogP contribution in [0.5, 0.6) is 0 Å². The van der Waals surface area contributed by atoms with Crippen LogP contribution < -0.4 is 5.32 Å². The van der Waals surface area contributed by atoms with Crippen LogP contribution in [0, 0.1) is 5.82 Å². The Bertz CT molecular complexity index is 782. The first-order valence-electron chi connectivity index (χ1n) is 7.37. The van der Waals surface area contributed by atoms with Crippen LogP contribution in [0.15, 0.2) is 79.0 Å². The average Bonchev–Trinajstić information content (AvgIpc) is 2.64. The highest BCUT2D eigenvalue weighted by molar-refractivity contribution is 5.99. The van der Waals surface area contributed by atoms with E-state index in [1.165, 1.54) is 12.1 Å². The summed E-state index contributed by atoms with van der Waals surface area (Å²) >= 11 is 0. The van der Waals surface area contributed by atoms with E-state index >= 15 is 0 Å². The number of benzene rings is 2. The van der Waals surface area contributed by atoms with Gasteiger partial charge in [0.1, 0.15) is 11.6 Å². The standard InChI is InChI=1S/C19H15FN2O2/c20-16-11-12-17(21-13-16)22-18(23)19(24,14-7-3-1-4-8-14)15-9-5-2-6-10-15/h1-13,24H,(H,21,22,23). The number of aromatic nitrogens is 1. The molecule has 2 N–H and O–H groups in total. The second kappa shape index (κ2) is 6.60. The maximum atomic E-state index is 13.0. The van der Waals surface area contributed by atoms with E-state index in [2.05, 4.69) is 10.3 Å². The summed E-state index contributed by atoms with van der Waals surface area (Å²) in [6.45, 7) is 0. The van der Waals surface area contributed by atoms with E-state index in [1.54, 1.807) is 60.7 Å². The van der Waals surface area contributed by atoms with Gasteiger partial charge >= 0.3 is 0 Å². The molecule has 1 aromatic heterocycles. The molecule has 3 rings (SSSR count). The third kappa shape index (κ3) is 3.02. The molecule has 24 heavy (non-hydrogen) atoms. The normalized spacial score (nSPS) is 11.1. The highest BCUT2D eigenvalue weighted by Gasteiger charge is 2.40. The van der Waals surface area contributed by atoms with Gasteiger partial charge < -0.3 is 10.4 Å². The lowest BCUT2D eigenvalue weighted by Gasteiger charge is -2.27. The summed E-state index contributed by atoms with van der Waals surface area (Å²) in [6, 6.07) is 19.8. The van der Waals surface area contributed by atoms with Gasteiger partial charge in [0.05, 0.1) is 6.20 Å². The molecule has 0 bridgehead atoms. The third-order valence-corrected chi connectivity index (χ3v) is 3.68. The van der Waals surface area contributed by atoms with Crippen molar-refractivity contribution in [3.05, 3.63) is 95.9 Å². The highest BCUT2D eigenvalue weighted by atomic mass is 19.1. The Labute approximate surface area is 138 Å². The zero-order valence-electron chi connectivity index (χ0n) is 12.7. The summed E-state index contributed by atoms with van der Waals surface area (Å²) < 4.78 is 13.0. The second-order valence-corrected chi connectivity index (χ2v) is 5.26. The first kappa shape index (κ1) is 15.8. The minimum atomic E-state index is -1.89. The van der Waals surface area contributed by atoms with Gasteiger partial charge in [0, 0.05) is 0 Å². The van der Waals surface area contributed by atoms with Crippen LogP contribution in [0.3, 0.4) is 0 Å². The van der Waals surface area contributed by atoms with Gasteiger partial charge in [-0.15, -0.1) is 0 Å². The van der Waals surface area contributed by atoms with Crippen LogP contribution in [0.25, 0.3) is 0 Å². The quantitative estimate of drug-likeness (QED) is 0.776. The van der Waals surface area contributed by atoms with Crippen LogP contribution in [0.1, 0.15) is 11.1 Å². The number of hydrogen-bond donors (Lipinski definition) is 2. The van der Waals surface area contributed by atoms with E-state index in [-0.39, 0.29) is 5.82 Å². The van der Waals surface area contributed by atoms with Crippen molar-refractivity contribution in [3.8, 4) is 0 Å². The number of amides is 1. The topological polar surface area (TPSA) is 62.2 Å². The van der Waals surface area contributed by atoms with Gasteiger partial charge in [-0.3, -0.25) is 4.79 Å². The molecule has 0 saturated carbocycles. The summed E-state index contributed by atoms with van der Waals surface area (Å²) in [4.78, 5) is 16.6. The number of carbonyl (C=O) groups excluding carboxylic acids is 1. The summed E-state index contributed by atoms with van der Waals surface area (Å²) in [5.41, 5.74) is -1.04. The van der Waals surface area contributed by atoms with E-state index in [1.807, 2.05) is 0 Å². The van der Waals surface area contributed by atoms with Crippen molar-refractivity contribution in [1.82, 2.24) is 4.98 Å². The van der Waals surface area contributed by atoms with Gasteiger partial charge in [0.2, 0.25) is 0 Å². The summed E-state index contributed by atoms with van der Waals surface area (Å²) in [5, 5.41) is 13.8.